The molecule has 0 saturated carbocycles. The lowest BCUT2D eigenvalue weighted by atomic mass is 9.94. The lowest BCUT2D eigenvalue weighted by Crippen LogP contribution is -2.16. The zero-order valence-corrected chi connectivity index (χ0v) is 9.66. The van der Waals surface area contributed by atoms with Crippen LogP contribution in [0.2, 0.25) is 0 Å². The molecule has 84 valence electrons. The molecule has 15 heavy (non-hydrogen) atoms. The van der Waals surface area contributed by atoms with Crippen LogP contribution >= 0.6 is 0 Å². The van der Waals surface area contributed by atoms with Crippen molar-refractivity contribution in [2.45, 2.75) is 32.8 Å². The Balaban J connectivity index is 3.37. The summed E-state index contributed by atoms with van der Waals surface area (Å²) in [5.41, 5.74) is 0.461. The smallest absolute Gasteiger partial charge is 0.163 e. The number of aryl methyl sites for hydroxylation is 1. The molecule has 1 aromatic carbocycles. The summed E-state index contributed by atoms with van der Waals surface area (Å²) in [5.74, 6) is 0.425. The first kappa shape index (κ1) is 11.9. The number of aliphatic hydroxyl groups is 1. The molecule has 1 aromatic rings. The quantitative estimate of drug-likeness (QED) is 0.804. The van der Waals surface area contributed by atoms with Gasteiger partial charge in [-0.05, 0) is 38.0 Å². The van der Waals surface area contributed by atoms with Gasteiger partial charge in [-0.25, -0.2) is 0 Å². The van der Waals surface area contributed by atoms with Crippen molar-refractivity contribution >= 4 is 0 Å². The van der Waals surface area contributed by atoms with Crippen LogP contribution in [0.25, 0.3) is 0 Å². The van der Waals surface area contributed by atoms with Crippen molar-refractivity contribution in [3.8, 4) is 11.5 Å². The average molecular weight is 210 g/mol. The summed E-state index contributed by atoms with van der Waals surface area (Å²) in [6, 6.07) is 3.59. The van der Waals surface area contributed by atoms with Gasteiger partial charge in [-0.2, -0.15) is 0 Å². The summed E-state index contributed by atoms with van der Waals surface area (Å²) in [4.78, 5) is 0. The molecule has 0 aromatic heterocycles. The summed E-state index contributed by atoms with van der Waals surface area (Å²) in [6.07, 6.45) is 0.833. The Labute approximate surface area is 90.3 Å². The van der Waals surface area contributed by atoms with E-state index in [1.165, 1.54) is 7.11 Å². The Kier molecular flexibility index (Phi) is 3.25. The zero-order valence-electron chi connectivity index (χ0n) is 9.66. The number of aromatic hydroxyl groups is 1. The van der Waals surface area contributed by atoms with Crippen LogP contribution in [0.4, 0.5) is 0 Å². The topological polar surface area (TPSA) is 49.7 Å². The zero-order chi connectivity index (χ0) is 11.6. The van der Waals surface area contributed by atoms with Crippen LogP contribution in [0, 0.1) is 0 Å². The molecule has 0 aliphatic rings. The fourth-order valence-electron chi connectivity index (χ4n) is 1.49. The van der Waals surface area contributed by atoms with Gasteiger partial charge in [0.15, 0.2) is 11.5 Å². The van der Waals surface area contributed by atoms with Crippen molar-refractivity contribution in [3.63, 3.8) is 0 Å². The molecular weight excluding hydrogens is 192 g/mol. The first-order valence-corrected chi connectivity index (χ1v) is 5.02. The summed E-state index contributed by atoms with van der Waals surface area (Å²) < 4.78 is 5.06. The van der Waals surface area contributed by atoms with Crippen molar-refractivity contribution in [1.82, 2.24) is 0 Å². The standard InChI is InChI=1S/C12H18O3/c1-5-8-6-9(12(2,3)14)11(13)10(7-8)15-4/h6-7,13-14H,5H2,1-4H3. The van der Waals surface area contributed by atoms with Crippen LogP contribution in [-0.4, -0.2) is 17.3 Å². The molecule has 0 atom stereocenters. The second-order valence-corrected chi connectivity index (χ2v) is 4.11. The van der Waals surface area contributed by atoms with Crippen LogP contribution in [0.1, 0.15) is 31.9 Å². The van der Waals surface area contributed by atoms with E-state index in [1.54, 1.807) is 26.0 Å². The molecule has 0 fully saturated rings. The molecule has 3 nitrogen and oxygen atoms in total. The van der Waals surface area contributed by atoms with Gasteiger partial charge in [-0.1, -0.05) is 6.92 Å². The summed E-state index contributed by atoms with van der Waals surface area (Å²) in [7, 11) is 1.50. The van der Waals surface area contributed by atoms with Gasteiger partial charge in [0.05, 0.1) is 12.7 Å². The largest absolute Gasteiger partial charge is 0.504 e. The maximum Gasteiger partial charge on any atom is 0.163 e. The second kappa shape index (κ2) is 4.11. The Morgan fingerprint density at radius 3 is 2.33 bits per heavy atom. The van der Waals surface area contributed by atoms with Crippen LogP contribution in [0.5, 0.6) is 11.5 Å². The predicted octanol–water partition coefficient (Wildman–Crippen LogP) is 2.19. The third-order valence-corrected chi connectivity index (χ3v) is 2.42. The summed E-state index contributed by atoms with van der Waals surface area (Å²) in [5, 5.41) is 19.8. The van der Waals surface area contributed by atoms with Gasteiger partial charge in [0.2, 0.25) is 0 Å². The van der Waals surface area contributed by atoms with Gasteiger partial charge in [-0.3, -0.25) is 0 Å². The van der Waals surface area contributed by atoms with Crippen molar-refractivity contribution in [2.75, 3.05) is 7.11 Å². The maximum absolute atomic E-state index is 9.89. The van der Waals surface area contributed by atoms with Gasteiger partial charge < -0.3 is 14.9 Å². The van der Waals surface area contributed by atoms with Crippen molar-refractivity contribution in [2.24, 2.45) is 0 Å². The van der Waals surface area contributed by atoms with Gasteiger partial charge in [0, 0.05) is 5.56 Å². The van der Waals surface area contributed by atoms with Crippen LogP contribution in [0.3, 0.4) is 0 Å². The van der Waals surface area contributed by atoms with Crippen LogP contribution in [-0.2, 0) is 12.0 Å². The van der Waals surface area contributed by atoms with Crippen molar-refractivity contribution < 1.29 is 14.9 Å². The van der Waals surface area contributed by atoms with Gasteiger partial charge in [0.1, 0.15) is 0 Å². The Bertz CT molecular complexity index is 351. The highest BCUT2D eigenvalue weighted by Gasteiger charge is 2.23. The molecular formula is C12H18O3. The number of hydrogen-bond donors (Lipinski definition) is 2. The molecule has 0 radical (unpaired) electrons. The highest BCUT2D eigenvalue weighted by Crippen LogP contribution is 2.37. The molecule has 0 aliphatic heterocycles. The monoisotopic (exact) mass is 210 g/mol. The summed E-state index contributed by atoms with van der Waals surface area (Å²) in [6.45, 7) is 5.29. The lowest BCUT2D eigenvalue weighted by molar-refractivity contribution is 0.0752. The molecule has 0 amide bonds. The fraction of sp³-hybridized carbons (Fsp3) is 0.500. The van der Waals surface area contributed by atoms with Crippen molar-refractivity contribution in [3.05, 3.63) is 23.3 Å². The van der Waals surface area contributed by atoms with E-state index in [0.717, 1.165) is 12.0 Å². The van der Waals surface area contributed by atoms with E-state index in [4.69, 9.17) is 4.74 Å². The lowest BCUT2D eigenvalue weighted by Gasteiger charge is -2.21. The molecule has 0 heterocycles. The molecule has 3 heteroatoms. The normalized spacial score (nSPS) is 11.5. The molecule has 0 aliphatic carbocycles. The molecule has 0 saturated heterocycles. The van der Waals surface area contributed by atoms with E-state index >= 15 is 0 Å². The van der Waals surface area contributed by atoms with Gasteiger partial charge in [-0.15, -0.1) is 0 Å². The number of ether oxygens (including phenoxy) is 1. The number of benzene rings is 1. The van der Waals surface area contributed by atoms with Crippen LogP contribution < -0.4 is 4.74 Å². The minimum atomic E-state index is -1.07. The molecule has 0 bridgehead atoms. The van der Waals surface area contributed by atoms with E-state index < -0.39 is 5.60 Å². The maximum atomic E-state index is 9.89. The Morgan fingerprint density at radius 1 is 1.33 bits per heavy atom. The number of hydrogen-bond acceptors (Lipinski definition) is 3. The Morgan fingerprint density at radius 2 is 1.93 bits per heavy atom. The number of phenolic OH excluding ortho intramolecular Hbond substituents is 1. The van der Waals surface area contributed by atoms with E-state index in [9.17, 15) is 10.2 Å². The molecule has 0 spiro atoms. The molecule has 2 N–H and O–H groups in total. The van der Waals surface area contributed by atoms with Crippen LogP contribution in [0.15, 0.2) is 12.1 Å². The summed E-state index contributed by atoms with van der Waals surface area (Å²) >= 11 is 0. The molecule has 1 rings (SSSR count). The minimum Gasteiger partial charge on any atom is -0.504 e. The first-order valence-electron chi connectivity index (χ1n) is 5.02. The predicted molar refractivity (Wildman–Crippen MR) is 59.3 cm³/mol. The highest BCUT2D eigenvalue weighted by atomic mass is 16.5. The average Bonchev–Trinajstić information content (AvgIpc) is 2.16. The fourth-order valence-corrected chi connectivity index (χ4v) is 1.49. The van der Waals surface area contributed by atoms with E-state index in [-0.39, 0.29) is 5.75 Å². The number of methoxy groups -OCH3 is 1. The first-order chi connectivity index (χ1) is 6.90. The molecule has 0 unspecified atom stereocenters. The third-order valence-electron chi connectivity index (χ3n) is 2.42. The van der Waals surface area contributed by atoms with Gasteiger partial charge in [0.25, 0.3) is 0 Å². The van der Waals surface area contributed by atoms with Gasteiger partial charge >= 0.3 is 0 Å². The third kappa shape index (κ3) is 2.42. The minimum absolute atomic E-state index is 0.0159. The second-order valence-electron chi connectivity index (χ2n) is 4.11. The highest BCUT2D eigenvalue weighted by molar-refractivity contribution is 5.50. The number of phenols is 1. The number of rotatable bonds is 3. The Hall–Kier alpha value is -1.22. The van der Waals surface area contributed by atoms with E-state index in [1.807, 2.05) is 6.92 Å². The SMILES string of the molecule is CCc1cc(OC)c(O)c(C(C)(C)O)c1. The van der Waals surface area contributed by atoms with Crippen molar-refractivity contribution in [1.29, 1.82) is 0 Å². The van der Waals surface area contributed by atoms with E-state index in [2.05, 4.69) is 0 Å². The van der Waals surface area contributed by atoms with E-state index in [0.29, 0.717) is 11.3 Å².